The number of piperidine rings is 1. The molecule has 1 aliphatic rings. The first kappa shape index (κ1) is 15.7. The molecule has 1 rings (SSSR count). The molecule has 0 atom stereocenters. The molecule has 1 amide bonds. The van der Waals surface area contributed by atoms with Crippen molar-refractivity contribution >= 4 is 6.09 Å². The topological polar surface area (TPSA) is 93.8 Å². The fraction of sp³-hybridized carbons (Fsp3) is 0.846. The number of nitrogens with zero attached hydrogens (tertiary/aromatic N) is 2. The standard InChI is InChI=1S/C13H22N2O4/c1-12(2,3)19-11(18)15-6-4-13(9-14,5-7-15)8-10(16)17/h10,16-17H,4-8H2,1-3H3. The second-order valence-corrected chi connectivity index (χ2v) is 6.04. The molecule has 0 bridgehead atoms. The van der Waals surface area contributed by atoms with Crippen LogP contribution in [0.3, 0.4) is 0 Å². The van der Waals surface area contributed by atoms with Crippen LogP contribution in [-0.4, -0.2) is 46.2 Å². The van der Waals surface area contributed by atoms with E-state index in [1.165, 1.54) is 0 Å². The van der Waals surface area contributed by atoms with Crippen LogP contribution in [0.1, 0.15) is 40.0 Å². The molecule has 6 heteroatoms. The van der Waals surface area contributed by atoms with Crippen LogP contribution in [-0.2, 0) is 4.74 Å². The predicted octanol–water partition coefficient (Wildman–Crippen LogP) is 1.23. The van der Waals surface area contributed by atoms with Crippen molar-refractivity contribution in [2.24, 2.45) is 5.41 Å². The van der Waals surface area contributed by atoms with Crippen molar-refractivity contribution in [2.45, 2.75) is 51.9 Å². The van der Waals surface area contributed by atoms with Gasteiger partial charge in [0.25, 0.3) is 0 Å². The average Bonchev–Trinajstić information content (AvgIpc) is 2.26. The molecular formula is C13H22N2O4. The van der Waals surface area contributed by atoms with Crippen LogP contribution in [0.15, 0.2) is 0 Å². The van der Waals surface area contributed by atoms with Gasteiger partial charge in [-0.2, -0.15) is 5.26 Å². The van der Waals surface area contributed by atoms with Crippen LogP contribution in [0, 0.1) is 16.7 Å². The van der Waals surface area contributed by atoms with Crippen molar-refractivity contribution in [3.8, 4) is 6.07 Å². The summed E-state index contributed by atoms with van der Waals surface area (Å²) in [5.74, 6) is 0. The molecule has 0 aliphatic carbocycles. The van der Waals surface area contributed by atoms with Gasteiger partial charge in [0.05, 0.1) is 11.5 Å². The number of carbonyl (C=O) groups excluding carboxylic acids is 1. The molecule has 108 valence electrons. The molecule has 0 aromatic heterocycles. The first-order valence-corrected chi connectivity index (χ1v) is 6.43. The predicted molar refractivity (Wildman–Crippen MR) is 67.9 cm³/mol. The lowest BCUT2D eigenvalue weighted by Gasteiger charge is -2.38. The van der Waals surface area contributed by atoms with Crippen LogP contribution >= 0.6 is 0 Å². The number of hydrogen-bond donors (Lipinski definition) is 2. The number of aliphatic hydroxyl groups excluding tert-OH is 1. The summed E-state index contributed by atoms with van der Waals surface area (Å²) >= 11 is 0. The SMILES string of the molecule is CC(C)(C)OC(=O)N1CCC(C#N)(CC(O)O)CC1. The zero-order valence-corrected chi connectivity index (χ0v) is 11.7. The Kier molecular flexibility index (Phi) is 4.77. The highest BCUT2D eigenvalue weighted by Gasteiger charge is 2.38. The van der Waals surface area contributed by atoms with E-state index in [1.807, 2.05) is 0 Å². The molecule has 1 aliphatic heterocycles. The van der Waals surface area contributed by atoms with Crippen LogP contribution in [0.2, 0.25) is 0 Å². The molecule has 1 heterocycles. The van der Waals surface area contributed by atoms with E-state index in [4.69, 9.17) is 14.9 Å². The van der Waals surface area contributed by atoms with E-state index in [9.17, 15) is 10.1 Å². The minimum absolute atomic E-state index is 0.0195. The summed E-state index contributed by atoms with van der Waals surface area (Å²) in [5, 5.41) is 27.3. The monoisotopic (exact) mass is 270 g/mol. The van der Waals surface area contributed by atoms with E-state index in [-0.39, 0.29) is 12.5 Å². The number of amides is 1. The van der Waals surface area contributed by atoms with E-state index in [0.717, 1.165) is 0 Å². The Bertz CT molecular complexity index is 360. The van der Waals surface area contributed by atoms with Crippen LogP contribution in [0.4, 0.5) is 4.79 Å². The Hall–Kier alpha value is -1.32. The largest absolute Gasteiger partial charge is 0.444 e. The summed E-state index contributed by atoms with van der Waals surface area (Å²) in [7, 11) is 0. The summed E-state index contributed by atoms with van der Waals surface area (Å²) in [4.78, 5) is 13.4. The second-order valence-electron chi connectivity index (χ2n) is 6.04. The molecule has 0 aromatic rings. The van der Waals surface area contributed by atoms with E-state index < -0.39 is 17.3 Å². The van der Waals surface area contributed by atoms with E-state index >= 15 is 0 Å². The third kappa shape index (κ3) is 4.69. The van der Waals surface area contributed by atoms with Gasteiger partial charge in [-0.05, 0) is 33.6 Å². The van der Waals surface area contributed by atoms with Crippen molar-refractivity contribution in [3.63, 3.8) is 0 Å². The van der Waals surface area contributed by atoms with Crippen molar-refractivity contribution in [1.29, 1.82) is 5.26 Å². The lowest BCUT2D eigenvalue weighted by Crippen LogP contribution is -2.45. The Morgan fingerprint density at radius 3 is 2.32 bits per heavy atom. The quantitative estimate of drug-likeness (QED) is 0.736. The summed E-state index contributed by atoms with van der Waals surface area (Å²) in [6, 6.07) is 2.16. The smallest absolute Gasteiger partial charge is 0.410 e. The van der Waals surface area contributed by atoms with Crippen molar-refractivity contribution in [3.05, 3.63) is 0 Å². The Morgan fingerprint density at radius 2 is 1.95 bits per heavy atom. The third-order valence-electron chi connectivity index (χ3n) is 3.18. The molecule has 0 spiro atoms. The Balaban J connectivity index is 2.57. The fourth-order valence-electron chi connectivity index (χ4n) is 2.15. The van der Waals surface area contributed by atoms with Crippen molar-refractivity contribution < 1.29 is 19.7 Å². The summed E-state index contributed by atoms with van der Waals surface area (Å²) in [6.45, 7) is 6.20. The van der Waals surface area contributed by atoms with Gasteiger partial charge < -0.3 is 19.8 Å². The van der Waals surface area contributed by atoms with Crippen molar-refractivity contribution in [2.75, 3.05) is 13.1 Å². The van der Waals surface area contributed by atoms with Crippen LogP contribution in [0.5, 0.6) is 0 Å². The fourth-order valence-corrected chi connectivity index (χ4v) is 2.15. The maximum absolute atomic E-state index is 11.9. The number of nitriles is 1. The summed E-state index contributed by atoms with van der Waals surface area (Å²) < 4.78 is 5.27. The van der Waals surface area contributed by atoms with Gasteiger partial charge in [0.1, 0.15) is 5.60 Å². The van der Waals surface area contributed by atoms with Crippen LogP contribution < -0.4 is 0 Å². The van der Waals surface area contributed by atoms with Crippen molar-refractivity contribution in [1.82, 2.24) is 4.90 Å². The lowest BCUT2D eigenvalue weighted by molar-refractivity contribution is -0.0724. The average molecular weight is 270 g/mol. The van der Waals surface area contributed by atoms with Gasteiger partial charge in [-0.3, -0.25) is 0 Å². The third-order valence-corrected chi connectivity index (χ3v) is 3.18. The van der Waals surface area contributed by atoms with E-state index in [1.54, 1.807) is 25.7 Å². The molecule has 6 nitrogen and oxygen atoms in total. The number of ether oxygens (including phenoxy) is 1. The first-order valence-electron chi connectivity index (χ1n) is 6.43. The molecule has 0 unspecified atom stereocenters. The highest BCUT2D eigenvalue weighted by Crippen LogP contribution is 2.35. The highest BCUT2D eigenvalue weighted by atomic mass is 16.6. The van der Waals surface area contributed by atoms with Gasteiger partial charge in [0.15, 0.2) is 6.29 Å². The zero-order chi connectivity index (χ0) is 14.7. The second kappa shape index (κ2) is 5.76. The minimum atomic E-state index is -1.49. The summed E-state index contributed by atoms with van der Waals surface area (Å²) in [5.41, 5.74) is -1.30. The van der Waals surface area contributed by atoms with E-state index in [2.05, 4.69) is 6.07 Å². The minimum Gasteiger partial charge on any atom is -0.444 e. The summed E-state index contributed by atoms with van der Waals surface area (Å²) in [6.07, 6.45) is -0.997. The van der Waals surface area contributed by atoms with E-state index in [0.29, 0.717) is 25.9 Å². The van der Waals surface area contributed by atoms with Gasteiger partial charge >= 0.3 is 6.09 Å². The molecule has 2 N–H and O–H groups in total. The maximum atomic E-state index is 11.9. The van der Waals surface area contributed by atoms with Gasteiger partial charge in [-0.25, -0.2) is 4.79 Å². The van der Waals surface area contributed by atoms with Gasteiger partial charge in [-0.1, -0.05) is 0 Å². The molecule has 1 fully saturated rings. The lowest BCUT2D eigenvalue weighted by atomic mass is 9.77. The molecular weight excluding hydrogens is 248 g/mol. The van der Waals surface area contributed by atoms with Gasteiger partial charge in [0, 0.05) is 19.5 Å². The molecule has 19 heavy (non-hydrogen) atoms. The molecule has 0 aromatic carbocycles. The molecule has 1 saturated heterocycles. The van der Waals surface area contributed by atoms with Gasteiger partial charge in [-0.15, -0.1) is 0 Å². The van der Waals surface area contributed by atoms with Gasteiger partial charge in [0.2, 0.25) is 0 Å². The number of aliphatic hydroxyl groups is 2. The maximum Gasteiger partial charge on any atom is 0.410 e. The molecule has 0 radical (unpaired) electrons. The normalized spacial score (nSPS) is 19.1. The first-order chi connectivity index (χ1) is 8.67. The van der Waals surface area contributed by atoms with Crippen LogP contribution in [0.25, 0.3) is 0 Å². The number of hydrogen-bond acceptors (Lipinski definition) is 5. The molecule has 0 saturated carbocycles. The Labute approximate surface area is 113 Å². The number of likely N-dealkylation sites (tertiary alicyclic amines) is 1. The number of carbonyl (C=O) groups is 1. The zero-order valence-electron chi connectivity index (χ0n) is 11.7. The number of rotatable bonds is 2. The Morgan fingerprint density at radius 1 is 1.42 bits per heavy atom. The highest BCUT2D eigenvalue weighted by molar-refractivity contribution is 5.68.